The lowest BCUT2D eigenvalue weighted by Crippen LogP contribution is -2.21. The summed E-state index contributed by atoms with van der Waals surface area (Å²) in [6.45, 7) is 2.92. The van der Waals surface area contributed by atoms with Gasteiger partial charge in [0.15, 0.2) is 12.4 Å². The summed E-state index contributed by atoms with van der Waals surface area (Å²) < 4.78 is 31.7. The Bertz CT molecular complexity index is 783. The molecule has 128 valence electrons. The van der Waals surface area contributed by atoms with Crippen LogP contribution in [0, 0.1) is 25.5 Å². The summed E-state index contributed by atoms with van der Waals surface area (Å²) in [4.78, 5) is 11.9. The predicted molar refractivity (Wildman–Crippen MR) is 91.4 cm³/mol. The van der Waals surface area contributed by atoms with Crippen molar-refractivity contribution in [2.24, 2.45) is 0 Å². The van der Waals surface area contributed by atoms with Crippen LogP contribution in [-0.2, 0) is 4.79 Å². The van der Waals surface area contributed by atoms with Gasteiger partial charge in [-0.3, -0.25) is 4.79 Å². The summed E-state index contributed by atoms with van der Waals surface area (Å²) in [5.74, 6) is -2.17. The van der Waals surface area contributed by atoms with Crippen LogP contribution in [0.3, 0.4) is 0 Å². The second-order valence-corrected chi connectivity index (χ2v) is 6.12. The summed E-state index contributed by atoms with van der Waals surface area (Å²) in [5.41, 5.74) is 0.978. The molecule has 3 nitrogen and oxygen atoms in total. The van der Waals surface area contributed by atoms with Crippen molar-refractivity contribution >= 4 is 46.4 Å². The lowest BCUT2D eigenvalue weighted by molar-refractivity contribution is -0.118. The number of benzene rings is 2. The highest BCUT2D eigenvalue weighted by Gasteiger charge is 2.19. The molecule has 2 aromatic carbocycles. The first kappa shape index (κ1) is 18.8. The highest BCUT2D eigenvalue weighted by molar-refractivity contribution is 6.42. The van der Waals surface area contributed by atoms with Crippen LogP contribution in [0.1, 0.15) is 11.1 Å². The Morgan fingerprint density at radius 3 is 2.21 bits per heavy atom. The van der Waals surface area contributed by atoms with Gasteiger partial charge in [0.1, 0.15) is 11.6 Å². The molecule has 2 rings (SSSR count). The molecule has 1 N–H and O–H groups in total. The zero-order chi connectivity index (χ0) is 18.0. The van der Waals surface area contributed by atoms with E-state index in [1.54, 1.807) is 13.8 Å². The second kappa shape index (κ2) is 7.55. The first-order valence-corrected chi connectivity index (χ1v) is 7.87. The van der Waals surface area contributed by atoms with Gasteiger partial charge in [0.2, 0.25) is 0 Å². The van der Waals surface area contributed by atoms with Crippen molar-refractivity contribution in [2.45, 2.75) is 13.8 Å². The van der Waals surface area contributed by atoms with Crippen molar-refractivity contribution in [3.8, 4) is 5.75 Å². The quantitative estimate of drug-likeness (QED) is 0.737. The maximum absolute atomic E-state index is 13.5. The molecule has 0 aliphatic rings. The number of hydrogen-bond acceptors (Lipinski definition) is 2. The third-order valence-electron chi connectivity index (χ3n) is 3.27. The van der Waals surface area contributed by atoms with E-state index in [0.717, 1.165) is 12.1 Å². The van der Waals surface area contributed by atoms with Gasteiger partial charge in [0, 0.05) is 11.1 Å². The van der Waals surface area contributed by atoms with Crippen LogP contribution in [0.5, 0.6) is 5.75 Å². The summed E-state index contributed by atoms with van der Waals surface area (Å²) in [7, 11) is 0. The average Bonchev–Trinajstić information content (AvgIpc) is 2.53. The van der Waals surface area contributed by atoms with Crippen molar-refractivity contribution in [3.63, 3.8) is 0 Å². The van der Waals surface area contributed by atoms with E-state index in [4.69, 9.17) is 39.5 Å². The number of ether oxygens (including phenoxy) is 1. The fourth-order valence-electron chi connectivity index (χ4n) is 1.95. The van der Waals surface area contributed by atoms with Crippen molar-refractivity contribution in [1.29, 1.82) is 0 Å². The Balaban J connectivity index is 2.12. The Morgan fingerprint density at radius 1 is 1.08 bits per heavy atom. The summed E-state index contributed by atoms with van der Waals surface area (Å²) in [6.07, 6.45) is 0. The largest absolute Gasteiger partial charge is 0.481 e. The molecule has 0 unspecified atom stereocenters. The number of rotatable bonds is 4. The number of hydrogen-bond donors (Lipinski definition) is 1. The molecule has 0 bridgehead atoms. The molecule has 0 heterocycles. The zero-order valence-electron chi connectivity index (χ0n) is 12.6. The SMILES string of the molecule is Cc1c(Cl)c(C)c(Cl)c(OCC(=O)Nc2ccc(F)cc2F)c1Cl. The van der Waals surface area contributed by atoms with E-state index >= 15 is 0 Å². The van der Waals surface area contributed by atoms with E-state index in [1.165, 1.54) is 0 Å². The monoisotopic (exact) mass is 393 g/mol. The van der Waals surface area contributed by atoms with Gasteiger partial charge in [-0.1, -0.05) is 34.8 Å². The minimum absolute atomic E-state index is 0.118. The van der Waals surface area contributed by atoms with Gasteiger partial charge in [-0.25, -0.2) is 8.78 Å². The van der Waals surface area contributed by atoms with Gasteiger partial charge in [-0.2, -0.15) is 0 Å². The Kier molecular flexibility index (Phi) is 5.91. The van der Waals surface area contributed by atoms with Gasteiger partial charge in [-0.15, -0.1) is 0 Å². The van der Waals surface area contributed by atoms with Crippen LogP contribution in [0.4, 0.5) is 14.5 Å². The number of carbonyl (C=O) groups is 1. The Hall–Kier alpha value is -1.56. The van der Waals surface area contributed by atoms with Crippen LogP contribution < -0.4 is 10.1 Å². The lowest BCUT2D eigenvalue weighted by Gasteiger charge is -2.15. The number of carbonyl (C=O) groups excluding carboxylic acids is 1. The van der Waals surface area contributed by atoms with Gasteiger partial charge < -0.3 is 10.1 Å². The maximum Gasteiger partial charge on any atom is 0.262 e. The minimum Gasteiger partial charge on any atom is -0.481 e. The molecular formula is C16H12Cl3F2NO2. The highest BCUT2D eigenvalue weighted by Crippen LogP contribution is 2.42. The summed E-state index contributed by atoms with van der Waals surface area (Å²) in [6, 6.07) is 2.80. The van der Waals surface area contributed by atoms with Crippen LogP contribution in [-0.4, -0.2) is 12.5 Å². The fourth-order valence-corrected chi connectivity index (χ4v) is 2.77. The van der Waals surface area contributed by atoms with E-state index < -0.39 is 24.1 Å². The van der Waals surface area contributed by atoms with E-state index in [-0.39, 0.29) is 21.5 Å². The van der Waals surface area contributed by atoms with E-state index in [0.29, 0.717) is 22.2 Å². The third-order valence-corrected chi connectivity index (χ3v) is 4.75. The van der Waals surface area contributed by atoms with Crippen LogP contribution >= 0.6 is 34.8 Å². The smallest absolute Gasteiger partial charge is 0.262 e. The minimum atomic E-state index is -0.891. The molecular weight excluding hydrogens is 383 g/mol. The first-order valence-electron chi connectivity index (χ1n) is 6.73. The van der Waals surface area contributed by atoms with Crippen molar-refractivity contribution in [3.05, 3.63) is 56.0 Å². The van der Waals surface area contributed by atoms with Crippen molar-refractivity contribution in [2.75, 3.05) is 11.9 Å². The van der Waals surface area contributed by atoms with Crippen LogP contribution in [0.25, 0.3) is 0 Å². The van der Waals surface area contributed by atoms with Crippen LogP contribution in [0.2, 0.25) is 15.1 Å². The van der Waals surface area contributed by atoms with Crippen molar-refractivity contribution < 1.29 is 18.3 Å². The molecule has 0 aromatic heterocycles. The van der Waals surface area contributed by atoms with E-state index in [9.17, 15) is 13.6 Å². The zero-order valence-corrected chi connectivity index (χ0v) is 14.9. The molecule has 0 spiro atoms. The fraction of sp³-hybridized carbons (Fsp3) is 0.188. The van der Waals surface area contributed by atoms with Gasteiger partial charge >= 0.3 is 0 Å². The molecule has 24 heavy (non-hydrogen) atoms. The van der Waals surface area contributed by atoms with Crippen molar-refractivity contribution in [1.82, 2.24) is 0 Å². The molecule has 0 aliphatic carbocycles. The standard InChI is InChI=1S/C16H12Cl3F2NO2/c1-7-13(17)8(2)15(19)16(14(7)18)24-6-12(23)22-11-4-3-9(20)5-10(11)21/h3-5H,6H2,1-2H3,(H,22,23). The third kappa shape index (κ3) is 3.91. The number of nitrogens with one attached hydrogen (secondary N) is 1. The number of anilines is 1. The van der Waals surface area contributed by atoms with Gasteiger partial charge in [0.25, 0.3) is 5.91 Å². The first-order chi connectivity index (χ1) is 11.2. The van der Waals surface area contributed by atoms with E-state index in [1.807, 2.05) is 0 Å². The average molecular weight is 395 g/mol. The molecule has 0 fully saturated rings. The molecule has 0 aliphatic heterocycles. The summed E-state index contributed by atoms with van der Waals surface area (Å²) >= 11 is 18.4. The van der Waals surface area contributed by atoms with Gasteiger partial charge in [-0.05, 0) is 37.1 Å². The lowest BCUT2D eigenvalue weighted by atomic mass is 10.1. The maximum atomic E-state index is 13.5. The van der Waals surface area contributed by atoms with E-state index in [2.05, 4.69) is 5.32 Å². The molecule has 8 heteroatoms. The summed E-state index contributed by atoms with van der Waals surface area (Å²) in [5, 5.41) is 3.06. The molecule has 0 radical (unpaired) electrons. The molecule has 0 saturated heterocycles. The van der Waals surface area contributed by atoms with Gasteiger partial charge in [0.05, 0.1) is 15.7 Å². The molecule has 2 aromatic rings. The number of amides is 1. The molecule has 0 atom stereocenters. The molecule has 1 amide bonds. The van der Waals surface area contributed by atoms with Crippen LogP contribution in [0.15, 0.2) is 18.2 Å². The topological polar surface area (TPSA) is 38.3 Å². The second-order valence-electron chi connectivity index (χ2n) is 4.98. The predicted octanol–water partition coefficient (Wildman–Crippen LogP) is 5.56. The Morgan fingerprint density at radius 2 is 1.67 bits per heavy atom. The number of halogens is 5. The Labute approximate surface area is 152 Å². The normalized spacial score (nSPS) is 10.6. The highest BCUT2D eigenvalue weighted by atomic mass is 35.5. The molecule has 0 saturated carbocycles.